The number of ether oxygens (including phenoxy) is 1. The van der Waals surface area contributed by atoms with Gasteiger partial charge < -0.3 is 24.8 Å². The summed E-state index contributed by atoms with van der Waals surface area (Å²) in [6, 6.07) is 10.2. The molecule has 1 aromatic carbocycles. The average molecular weight is 470 g/mol. The van der Waals surface area contributed by atoms with Crippen molar-refractivity contribution < 1.29 is 9.53 Å². The topological polar surface area (TPSA) is 60.9 Å². The van der Waals surface area contributed by atoms with Crippen LogP contribution in [-0.2, 0) is 0 Å². The molecule has 3 aliphatic rings. The molecule has 5 rings (SSSR count). The van der Waals surface area contributed by atoms with Crippen molar-refractivity contribution in [3.05, 3.63) is 40.9 Å². The maximum atomic E-state index is 14.0. The fourth-order valence-electron chi connectivity index (χ4n) is 5.27. The molecule has 1 amide bonds. The van der Waals surface area contributed by atoms with Crippen molar-refractivity contribution in [2.24, 2.45) is 0 Å². The van der Waals surface area contributed by atoms with E-state index in [-0.39, 0.29) is 17.5 Å². The first kappa shape index (κ1) is 22.4. The van der Waals surface area contributed by atoms with E-state index in [1.54, 1.807) is 0 Å². The Labute approximate surface area is 200 Å². The third-order valence-corrected chi connectivity index (χ3v) is 7.56. The molecule has 2 saturated heterocycles. The van der Waals surface area contributed by atoms with Gasteiger partial charge >= 0.3 is 0 Å². The molecule has 2 aromatic rings. The smallest absolute Gasteiger partial charge is 0.261 e. The number of benzene rings is 1. The van der Waals surface area contributed by atoms with Crippen LogP contribution in [0.25, 0.3) is 11.3 Å². The second-order valence-electron chi connectivity index (χ2n) is 10.1. The summed E-state index contributed by atoms with van der Waals surface area (Å²) in [6.07, 6.45) is 0.977. The number of nitrogens with one attached hydrogen (secondary N) is 1. The first-order valence-corrected chi connectivity index (χ1v) is 12.0. The summed E-state index contributed by atoms with van der Waals surface area (Å²) in [5, 5.41) is 3.78. The molecule has 0 aliphatic carbocycles. The van der Waals surface area contributed by atoms with E-state index in [9.17, 15) is 4.79 Å². The number of hydrogen-bond acceptors (Lipinski definition) is 6. The highest BCUT2D eigenvalue weighted by atomic mass is 35.5. The van der Waals surface area contributed by atoms with Gasteiger partial charge in [0.2, 0.25) is 0 Å². The third-order valence-electron chi connectivity index (χ3n) is 7.21. The van der Waals surface area contributed by atoms with E-state index in [2.05, 4.69) is 43.1 Å². The van der Waals surface area contributed by atoms with Crippen LogP contribution in [0.5, 0.6) is 5.75 Å². The molecule has 0 spiro atoms. The molecule has 7 nitrogen and oxygen atoms in total. The van der Waals surface area contributed by atoms with Gasteiger partial charge in [-0.3, -0.25) is 4.79 Å². The monoisotopic (exact) mass is 469 g/mol. The van der Waals surface area contributed by atoms with Gasteiger partial charge in [-0.1, -0.05) is 41.9 Å². The van der Waals surface area contributed by atoms with Gasteiger partial charge in [0.15, 0.2) is 5.75 Å². The van der Waals surface area contributed by atoms with Crippen molar-refractivity contribution in [1.82, 2.24) is 20.1 Å². The summed E-state index contributed by atoms with van der Waals surface area (Å²) in [7, 11) is 4.21. The van der Waals surface area contributed by atoms with Gasteiger partial charge in [0, 0.05) is 43.3 Å². The van der Waals surface area contributed by atoms with Gasteiger partial charge in [0.05, 0.1) is 11.7 Å². The van der Waals surface area contributed by atoms with E-state index in [1.165, 1.54) is 0 Å². The van der Waals surface area contributed by atoms with Crippen LogP contribution in [0, 0.1) is 0 Å². The molecular formula is C25H32ClN5O2. The number of carbonyl (C=O) groups is 1. The van der Waals surface area contributed by atoms with Crippen LogP contribution in [0.2, 0.25) is 5.02 Å². The van der Waals surface area contributed by atoms with E-state index in [0.717, 1.165) is 25.1 Å². The SMILES string of the molecule is CN(C)C1CN(c2nc(-c3ccccc3)c(Cl)c3c2C(=O)N2CCNC[C@@H]2CO3)C(C)(C)C1. The number of nitrogens with zero attached hydrogens (tertiary/aromatic N) is 4. The Balaban J connectivity index is 1.72. The average Bonchev–Trinajstić information content (AvgIpc) is 3.05. The molecule has 0 radical (unpaired) electrons. The number of hydrogen-bond donors (Lipinski definition) is 1. The minimum atomic E-state index is -0.174. The zero-order chi connectivity index (χ0) is 23.3. The zero-order valence-electron chi connectivity index (χ0n) is 19.8. The molecule has 2 fully saturated rings. The van der Waals surface area contributed by atoms with Crippen molar-refractivity contribution in [3.63, 3.8) is 0 Å². The van der Waals surface area contributed by atoms with Crippen molar-refractivity contribution in [2.45, 2.75) is 37.9 Å². The lowest BCUT2D eigenvalue weighted by atomic mass is 9.99. The molecule has 8 heteroatoms. The van der Waals surface area contributed by atoms with Crippen LogP contribution >= 0.6 is 11.6 Å². The van der Waals surface area contributed by atoms with Crippen LogP contribution in [-0.4, -0.2) is 85.2 Å². The van der Waals surface area contributed by atoms with Gasteiger partial charge in [-0.25, -0.2) is 4.98 Å². The molecule has 4 heterocycles. The Morgan fingerprint density at radius 3 is 2.70 bits per heavy atom. The Kier molecular flexibility index (Phi) is 5.75. The molecule has 1 aromatic heterocycles. The molecule has 3 aliphatic heterocycles. The number of carbonyl (C=O) groups excluding carboxylic acids is 1. The highest BCUT2D eigenvalue weighted by Crippen LogP contribution is 2.46. The lowest BCUT2D eigenvalue weighted by Crippen LogP contribution is -2.55. The van der Waals surface area contributed by atoms with E-state index in [1.807, 2.05) is 35.2 Å². The van der Waals surface area contributed by atoms with Gasteiger partial charge in [-0.15, -0.1) is 0 Å². The predicted molar refractivity (Wildman–Crippen MR) is 131 cm³/mol. The molecule has 176 valence electrons. The Morgan fingerprint density at radius 2 is 2.00 bits per heavy atom. The number of aromatic nitrogens is 1. The summed E-state index contributed by atoms with van der Waals surface area (Å²) in [4.78, 5) is 25.5. The fraction of sp³-hybridized carbons (Fsp3) is 0.520. The molecule has 2 atom stereocenters. The molecule has 0 saturated carbocycles. The van der Waals surface area contributed by atoms with Crippen molar-refractivity contribution in [3.8, 4) is 17.0 Å². The molecule has 33 heavy (non-hydrogen) atoms. The lowest BCUT2D eigenvalue weighted by molar-refractivity contribution is 0.0606. The second kappa shape index (κ2) is 8.46. The number of rotatable bonds is 3. The zero-order valence-corrected chi connectivity index (χ0v) is 20.5. The number of piperazine rings is 1. The first-order valence-electron chi connectivity index (χ1n) is 11.7. The van der Waals surface area contributed by atoms with Crippen molar-refractivity contribution in [1.29, 1.82) is 0 Å². The van der Waals surface area contributed by atoms with Gasteiger partial charge in [0.25, 0.3) is 5.91 Å². The number of likely N-dealkylation sites (N-methyl/N-ethyl adjacent to an activating group) is 1. The standard InChI is InChI=1S/C25H32ClN5O2/c1-25(2)12-17(29(3)4)14-31(25)23-19-22(20(26)21(28-23)16-8-6-5-7-9-16)33-15-18-13-27-10-11-30(18)24(19)32/h5-9,17-18,27H,10-15H2,1-4H3/t17?,18-/m1/s1. The Morgan fingerprint density at radius 1 is 1.24 bits per heavy atom. The van der Waals surface area contributed by atoms with E-state index in [0.29, 0.717) is 53.6 Å². The summed E-state index contributed by atoms with van der Waals surface area (Å²) < 4.78 is 6.31. The highest BCUT2D eigenvalue weighted by Gasteiger charge is 2.45. The Bertz CT molecular complexity index is 1060. The van der Waals surface area contributed by atoms with Gasteiger partial charge in [-0.2, -0.15) is 0 Å². The molecule has 1 unspecified atom stereocenters. The van der Waals surface area contributed by atoms with Crippen molar-refractivity contribution >= 4 is 23.3 Å². The van der Waals surface area contributed by atoms with Gasteiger partial charge in [0.1, 0.15) is 23.0 Å². The van der Waals surface area contributed by atoms with Crippen LogP contribution in [0.1, 0.15) is 30.6 Å². The number of amides is 1. The minimum absolute atomic E-state index is 0.0242. The molecule has 0 bridgehead atoms. The van der Waals surface area contributed by atoms with Gasteiger partial charge in [-0.05, 0) is 34.4 Å². The first-order chi connectivity index (χ1) is 15.8. The predicted octanol–water partition coefficient (Wildman–Crippen LogP) is 3.13. The highest BCUT2D eigenvalue weighted by molar-refractivity contribution is 6.35. The van der Waals surface area contributed by atoms with E-state index in [4.69, 9.17) is 21.3 Å². The van der Waals surface area contributed by atoms with E-state index >= 15 is 0 Å². The lowest BCUT2D eigenvalue weighted by Gasteiger charge is -2.36. The van der Waals surface area contributed by atoms with Crippen LogP contribution < -0.4 is 15.0 Å². The minimum Gasteiger partial charge on any atom is -0.489 e. The Hall–Kier alpha value is -2.35. The fourth-order valence-corrected chi connectivity index (χ4v) is 5.57. The van der Waals surface area contributed by atoms with Crippen LogP contribution in [0.4, 0.5) is 5.82 Å². The normalized spacial score (nSPS) is 24.4. The number of anilines is 1. The maximum absolute atomic E-state index is 14.0. The summed E-state index contributed by atoms with van der Waals surface area (Å²) in [6.45, 7) is 7.76. The number of halogens is 1. The molecular weight excluding hydrogens is 438 g/mol. The van der Waals surface area contributed by atoms with Crippen LogP contribution in [0.15, 0.2) is 30.3 Å². The number of fused-ring (bicyclic) bond motifs is 2. The molecule has 1 N–H and O–H groups in total. The third kappa shape index (κ3) is 3.86. The summed E-state index contributed by atoms with van der Waals surface area (Å²) in [5.41, 5.74) is 1.89. The summed E-state index contributed by atoms with van der Waals surface area (Å²) >= 11 is 6.92. The largest absolute Gasteiger partial charge is 0.489 e. The quantitative estimate of drug-likeness (QED) is 0.745. The van der Waals surface area contributed by atoms with Crippen molar-refractivity contribution in [2.75, 3.05) is 51.8 Å². The number of pyridine rings is 1. The summed E-state index contributed by atoms with van der Waals surface area (Å²) in [5.74, 6) is 1.10. The van der Waals surface area contributed by atoms with E-state index < -0.39 is 0 Å². The second-order valence-corrected chi connectivity index (χ2v) is 10.5. The maximum Gasteiger partial charge on any atom is 0.261 e. The van der Waals surface area contributed by atoms with Crippen LogP contribution in [0.3, 0.4) is 0 Å².